The molecule has 1 atom stereocenters. The number of amides is 2. The number of hydrogen-bond donors (Lipinski definition) is 1. The first kappa shape index (κ1) is 20.5. The van der Waals surface area contributed by atoms with Crippen LogP contribution >= 0.6 is 35.7 Å². The number of carboxylic acids is 1. The number of nitrogens with one attached hydrogen (secondary N) is 1. The topological polar surface area (TPSA) is 89.5 Å². The largest absolute Gasteiger partial charge is 0.548 e. The number of carboxylic acid groups (broad SMARTS) is 1. The Balaban J connectivity index is 2.07. The van der Waals surface area contributed by atoms with Crippen LogP contribution in [0.2, 0.25) is 0 Å². The number of hydrogen-bond acceptors (Lipinski definition) is 7. The first-order chi connectivity index (χ1) is 12.3. The molecular formula is C17H17N2O4S3-. The maximum Gasteiger partial charge on any atom is 0.265 e. The Morgan fingerprint density at radius 3 is 2.54 bits per heavy atom. The lowest BCUT2D eigenvalue weighted by Crippen LogP contribution is -2.48. The predicted octanol–water partition coefficient (Wildman–Crippen LogP) is 1.12. The smallest absolute Gasteiger partial charge is 0.265 e. The maximum atomic E-state index is 12.2. The number of carbonyl (C=O) groups is 3. The number of carbonyl (C=O) groups excluding carboxylic acids is 3. The third-order valence-corrected chi connectivity index (χ3v) is 5.79. The maximum absolute atomic E-state index is 12.2. The zero-order valence-electron chi connectivity index (χ0n) is 14.2. The van der Waals surface area contributed by atoms with Gasteiger partial charge in [0.2, 0.25) is 0 Å². The van der Waals surface area contributed by atoms with Gasteiger partial charge in [0.1, 0.15) is 4.32 Å². The van der Waals surface area contributed by atoms with E-state index in [1.54, 1.807) is 37.4 Å². The van der Waals surface area contributed by atoms with Crippen molar-refractivity contribution in [2.45, 2.75) is 12.5 Å². The van der Waals surface area contributed by atoms with Crippen LogP contribution < -0.4 is 10.4 Å². The summed E-state index contributed by atoms with van der Waals surface area (Å²) in [7, 11) is 1.62. The third-order valence-electron chi connectivity index (χ3n) is 3.66. The molecular weight excluding hydrogens is 392 g/mol. The van der Waals surface area contributed by atoms with Gasteiger partial charge < -0.3 is 15.2 Å². The van der Waals surface area contributed by atoms with E-state index in [9.17, 15) is 19.5 Å². The van der Waals surface area contributed by atoms with Gasteiger partial charge in [-0.15, -0.1) is 0 Å². The van der Waals surface area contributed by atoms with Crippen LogP contribution in [0.15, 0.2) is 29.2 Å². The highest BCUT2D eigenvalue weighted by atomic mass is 32.2. The van der Waals surface area contributed by atoms with Crippen LogP contribution in [0.5, 0.6) is 0 Å². The summed E-state index contributed by atoms with van der Waals surface area (Å²) < 4.78 is 0.496. The lowest BCUT2D eigenvalue weighted by Gasteiger charge is -2.19. The summed E-state index contributed by atoms with van der Waals surface area (Å²) in [5, 5.41) is 13.6. The van der Waals surface area contributed by atoms with Gasteiger partial charge in [0.25, 0.3) is 11.8 Å². The molecule has 0 bridgehead atoms. The molecule has 138 valence electrons. The highest BCUT2D eigenvalue weighted by Gasteiger charge is 2.28. The number of likely N-dealkylation sites (N-methyl/N-ethyl adjacent to an activating group) is 1. The molecule has 6 nitrogen and oxygen atoms in total. The lowest BCUT2D eigenvalue weighted by atomic mass is 10.1. The van der Waals surface area contributed by atoms with Gasteiger partial charge in [0.05, 0.1) is 16.9 Å². The number of rotatable bonds is 7. The molecule has 2 rings (SSSR count). The van der Waals surface area contributed by atoms with Crippen molar-refractivity contribution >= 4 is 63.9 Å². The van der Waals surface area contributed by atoms with Crippen LogP contribution in [0.4, 0.5) is 0 Å². The minimum absolute atomic E-state index is 0.160. The summed E-state index contributed by atoms with van der Waals surface area (Å²) in [6, 6.07) is 5.50. The summed E-state index contributed by atoms with van der Waals surface area (Å²) in [4.78, 5) is 37.2. The Labute approximate surface area is 165 Å². The summed E-state index contributed by atoms with van der Waals surface area (Å²) in [6.07, 6.45) is 3.86. The molecule has 1 N–H and O–H groups in total. The van der Waals surface area contributed by atoms with Gasteiger partial charge >= 0.3 is 0 Å². The van der Waals surface area contributed by atoms with Crippen molar-refractivity contribution < 1.29 is 19.5 Å². The normalized spacial score (nSPS) is 16.8. The van der Waals surface area contributed by atoms with Crippen molar-refractivity contribution in [3.8, 4) is 0 Å². The molecule has 1 aliphatic heterocycles. The van der Waals surface area contributed by atoms with Crippen molar-refractivity contribution in [2.75, 3.05) is 19.1 Å². The molecule has 1 fully saturated rings. The van der Waals surface area contributed by atoms with Crippen molar-refractivity contribution in [2.24, 2.45) is 0 Å². The second-order valence-corrected chi connectivity index (χ2v) is 8.15. The summed E-state index contributed by atoms with van der Waals surface area (Å²) in [5.41, 5.74) is 1.08. The van der Waals surface area contributed by atoms with E-state index in [4.69, 9.17) is 12.2 Å². The van der Waals surface area contributed by atoms with E-state index in [0.717, 1.165) is 5.56 Å². The average Bonchev–Trinajstić information content (AvgIpc) is 2.85. The Kier molecular flexibility index (Phi) is 7.24. The second-order valence-electron chi connectivity index (χ2n) is 5.49. The first-order valence-corrected chi connectivity index (χ1v) is 10.3. The number of benzene rings is 1. The Hall–Kier alpha value is -1.84. The monoisotopic (exact) mass is 409 g/mol. The summed E-state index contributed by atoms with van der Waals surface area (Å²) >= 11 is 7.80. The van der Waals surface area contributed by atoms with Crippen molar-refractivity contribution in [3.05, 3.63) is 40.3 Å². The third kappa shape index (κ3) is 5.09. The average molecular weight is 410 g/mol. The first-order valence-electron chi connectivity index (χ1n) is 7.65. The zero-order valence-corrected chi connectivity index (χ0v) is 16.6. The van der Waals surface area contributed by atoms with Gasteiger partial charge in [-0.3, -0.25) is 14.5 Å². The van der Waals surface area contributed by atoms with Crippen LogP contribution in [-0.4, -0.2) is 52.1 Å². The fourth-order valence-corrected chi connectivity index (χ4v) is 3.80. The molecule has 1 saturated heterocycles. The summed E-state index contributed by atoms with van der Waals surface area (Å²) in [6.45, 7) is 0. The quantitative estimate of drug-likeness (QED) is 0.533. The summed E-state index contributed by atoms with van der Waals surface area (Å²) in [5.74, 6) is -1.34. The standard InChI is InChI=1S/C17H18N2O4S3/c1-19-15(21)13(26-17(19)24)9-10-3-5-11(6-4-10)14(20)18-12(16(22)23)7-8-25-2/h3-6,9,12H,7-8H2,1-2H3,(H,18,20)(H,22,23)/p-1/b13-9+/t12-/m1/s1. The van der Waals surface area contributed by atoms with Crippen LogP contribution in [0.1, 0.15) is 22.3 Å². The van der Waals surface area contributed by atoms with E-state index in [2.05, 4.69) is 5.32 Å². The van der Waals surface area contributed by atoms with E-state index < -0.39 is 17.9 Å². The van der Waals surface area contributed by atoms with Gasteiger partial charge in [-0.05, 0) is 42.2 Å². The zero-order chi connectivity index (χ0) is 19.3. The van der Waals surface area contributed by atoms with E-state index in [0.29, 0.717) is 27.0 Å². The van der Waals surface area contributed by atoms with Crippen molar-refractivity contribution in [1.29, 1.82) is 0 Å². The minimum atomic E-state index is -1.30. The fourth-order valence-electron chi connectivity index (χ4n) is 2.15. The molecule has 1 heterocycles. The van der Waals surface area contributed by atoms with Gasteiger partial charge in [-0.1, -0.05) is 36.1 Å². The molecule has 0 saturated carbocycles. The van der Waals surface area contributed by atoms with Crippen LogP contribution in [-0.2, 0) is 9.59 Å². The predicted molar refractivity (Wildman–Crippen MR) is 107 cm³/mol. The van der Waals surface area contributed by atoms with Crippen molar-refractivity contribution in [3.63, 3.8) is 0 Å². The molecule has 0 radical (unpaired) electrons. The number of aliphatic carboxylic acids is 1. The molecule has 1 aromatic carbocycles. The number of nitrogens with zero attached hydrogens (tertiary/aromatic N) is 1. The molecule has 9 heteroatoms. The van der Waals surface area contributed by atoms with Crippen LogP contribution in [0.25, 0.3) is 6.08 Å². The van der Waals surface area contributed by atoms with Gasteiger partial charge in [-0.2, -0.15) is 11.8 Å². The van der Waals surface area contributed by atoms with Crippen LogP contribution in [0, 0.1) is 0 Å². The number of thiocarbonyl (C=S) groups is 1. The molecule has 0 aromatic heterocycles. The Morgan fingerprint density at radius 1 is 1.38 bits per heavy atom. The molecule has 1 aliphatic rings. The molecule has 26 heavy (non-hydrogen) atoms. The van der Waals surface area contributed by atoms with Gasteiger partial charge in [0.15, 0.2) is 0 Å². The van der Waals surface area contributed by atoms with Gasteiger partial charge in [-0.25, -0.2) is 0 Å². The lowest BCUT2D eigenvalue weighted by molar-refractivity contribution is -0.308. The molecule has 0 unspecified atom stereocenters. The SMILES string of the molecule is CSCC[C@@H](NC(=O)c1ccc(/C=C2/SC(=S)N(C)C2=O)cc1)C(=O)[O-]. The molecule has 0 spiro atoms. The molecule has 1 aromatic rings. The number of thioether (sulfide) groups is 2. The second kappa shape index (κ2) is 9.20. The molecule has 0 aliphatic carbocycles. The van der Waals surface area contributed by atoms with Crippen LogP contribution in [0.3, 0.4) is 0 Å². The Bertz CT molecular complexity index is 762. The van der Waals surface area contributed by atoms with E-state index in [1.807, 2.05) is 6.26 Å². The Morgan fingerprint density at radius 2 is 2.04 bits per heavy atom. The highest BCUT2D eigenvalue weighted by molar-refractivity contribution is 8.26. The molecule has 2 amide bonds. The van der Waals surface area contributed by atoms with Gasteiger partial charge in [0, 0.05) is 12.6 Å². The highest BCUT2D eigenvalue weighted by Crippen LogP contribution is 2.31. The van der Waals surface area contributed by atoms with E-state index in [1.165, 1.54) is 28.4 Å². The van der Waals surface area contributed by atoms with Crippen molar-refractivity contribution in [1.82, 2.24) is 10.2 Å². The van der Waals surface area contributed by atoms with E-state index in [-0.39, 0.29) is 5.91 Å². The minimum Gasteiger partial charge on any atom is -0.548 e. The van der Waals surface area contributed by atoms with E-state index >= 15 is 0 Å². The fraction of sp³-hybridized carbons (Fsp3) is 0.294.